The van der Waals surface area contributed by atoms with Crippen molar-refractivity contribution in [1.29, 1.82) is 5.26 Å². The number of nitrogens with one attached hydrogen (secondary N) is 2. The van der Waals surface area contributed by atoms with Gasteiger partial charge < -0.3 is 4.74 Å². The van der Waals surface area contributed by atoms with Gasteiger partial charge in [-0.1, -0.05) is 44.0 Å². The summed E-state index contributed by atoms with van der Waals surface area (Å²) in [5.74, 6) is 0.104. The van der Waals surface area contributed by atoms with Gasteiger partial charge in [0.05, 0.1) is 15.7 Å². The highest BCUT2D eigenvalue weighted by atomic mass is 35.5. The van der Waals surface area contributed by atoms with E-state index in [1.165, 1.54) is 18.2 Å². The number of H-pyrrole nitrogens is 2. The molecule has 31 heavy (non-hydrogen) atoms. The van der Waals surface area contributed by atoms with Crippen LogP contribution in [0.25, 0.3) is 5.69 Å². The Bertz CT molecular complexity index is 1360. The Morgan fingerprint density at radius 1 is 1.13 bits per heavy atom. The Labute approximate surface area is 185 Å². The van der Waals surface area contributed by atoms with Gasteiger partial charge in [0.2, 0.25) is 11.6 Å². The molecular formula is C19H16Cl2N6O4. The molecule has 10 nitrogen and oxygen atoms in total. The third-order valence-corrected chi connectivity index (χ3v) is 4.51. The number of aromatic nitrogens is 5. The van der Waals surface area contributed by atoms with Crippen LogP contribution >= 0.6 is 23.2 Å². The molecule has 0 amide bonds. The van der Waals surface area contributed by atoms with Gasteiger partial charge in [-0.3, -0.25) is 14.6 Å². The van der Waals surface area contributed by atoms with E-state index in [-0.39, 0.29) is 38.3 Å². The Kier molecular flexibility index (Phi) is 6.01. The Hall–Kier alpha value is -3.42. The van der Waals surface area contributed by atoms with Gasteiger partial charge in [-0.15, -0.1) is 10.2 Å². The fourth-order valence-electron chi connectivity index (χ4n) is 2.70. The number of nitriles is 1. The molecule has 0 atom stereocenters. The molecule has 160 valence electrons. The molecule has 0 saturated carbocycles. The van der Waals surface area contributed by atoms with E-state index in [0.717, 1.165) is 4.68 Å². The van der Waals surface area contributed by atoms with Gasteiger partial charge in [-0.2, -0.15) is 9.94 Å². The SMILES string of the molecule is CC(C)(C)Cc1cc(Oc2c(Cl)cc(-n3nc(C#N)c(=O)[nH]c3=O)cc2Cl)n[nH]c1=O. The minimum absolute atomic E-state index is 0.00581. The zero-order chi connectivity index (χ0) is 22.9. The molecule has 3 aromatic rings. The van der Waals surface area contributed by atoms with Crippen molar-refractivity contribution in [2.45, 2.75) is 27.2 Å². The summed E-state index contributed by atoms with van der Waals surface area (Å²) >= 11 is 12.6. The van der Waals surface area contributed by atoms with Crippen molar-refractivity contribution in [3.8, 4) is 23.4 Å². The predicted octanol–water partition coefficient (Wildman–Crippen LogP) is 2.56. The lowest BCUT2D eigenvalue weighted by atomic mass is 9.89. The number of nitrogens with zero attached hydrogens (tertiary/aromatic N) is 4. The zero-order valence-corrected chi connectivity index (χ0v) is 18.1. The third-order valence-electron chi connectivity index (χ3n) is 3.95. The fourth-order valence-corrected chi connectivity index (χ4v) is 3.25. The lowest BCUT2D eigenvalue weighted by Crippen LogP contribution is -2.33. The second-order valence-corrected chi connectivity index (χ2v) is 8.58. The highest BCUT2D eigenvalue weighted by molar-refractivity contribution is 6.37. The molecule has 0 spiro atoms. The van der Waals surface area contributed by atoms with E-state index in [2.05, 4.69) is 15.3 Å². The number of hydrogen-bond acceptors (Lipinski definition) is 7. The first-order valence-corrected chi connectivity index (χ1v) is 9.64. The van der Waals surface area contributed by atoms with Crippen LogP contribution in [0.5, 0.6) is 11.6 Å². The maximum Gasteiger partial charge on any atom is 0.349 e. The lowest BCUT2D eigenvalue weighted by Gasteiger charge is -2.17. The molecule has 3 rings (SSSR count). The molecule has 0 aliphatic heterocycles. The van der Waals surface area contributed by atoms with Gasteiger partial charge in [-0.25, -0.2) is 9.89 Å². The number of benzene rings is 1. The molecule has 0 aliphatic rings. The minimum atomic E-state index is -0.906. The van der Waals surface area contributed by atoms with Crippen molar-refractivity contribution in [1.82, 2.24) is 25.0 Å². The van der Waals surface area contributed by atoms with Gasteiger partial charge in [0.1, 0.15) is 6.07 Å². The monoisotopic (exact) mass is 462 g/mol. The van der Waals surface area contributed by atoms with Crippen LogP contribution in [-0.2, 0) is 6.42 Å². The van der Waals surface area contributed by atoms with Crippen molar-refractivity contribution in [3.05, 3.63) is 70.7 Å². The molecule has 0 unspecified atom stereocenters. The maximum atomic E-state index is 12.1. The molecule has 1 aromatic carbocycles. The van der Waals surface area contributed by atoms with Gasteiger partial charge >= 0.3 is 5.69 Å². The van der Waals surface area contributed by atoms with Crippen molar-refractivity contribution in [2.24, 2.45) is 5.41 Å². The molecule has 0 radical (unpaired) electrons. The first-order chi connectivity index (χ1) is 14.5. The predicted molar refractivity (Wildman–Crippen MR) is 113 cm³/mol. The first kappa shape index (κ1) is 22.3. The van der Waals surface area contributed by atoms with Crippen molar-refractivity contribution >= 4 is 23.2 Å². The van der Waals surface area contributed by atoms with Crippen molar-refractivity contribution in [3.63, 3.8) is 0 Å². The average Bonchev–Trinajstić information content (AvgIpc) is 2.66. The largest absolute Gasteiger partial charge is 0.434 e. The summed E-state index contributed by atoms with van der Waals surface area (Å²) in [5, 5.41) is 18.9. The molecule has 2 heterocycles. The molecule has 12 heteroatoms. The minimum Gasteiger partial charge on any atom is -0.434 e. The van der Waals surface area contributed by atoms with Crippen LogP contribution in [0.4, 0.5) is 0 Å². The van der Waals surface area contributed by atoms with Crippen LogP contribution in [0.2, 0.25) is 10.0 Å². The van der Waals surface area contributed by atoms with Gasteiger partial charge in [0.15, 0.2) is 5.75 Å². The topological polar surface area (TPSA) is 147 Å². The lowest BCUT2D eigenvalue weighted by molar-refractivity contribution is 0.404. The Morgan fingerprint density at radius 2 is 1.77 bits per heavy atom. The van der Waals surface area contributed by atoms with E-state index in [1.807, 2.05) is 25.8 Å². The fraction of sp³-hybridized carbons (Fsp3) is 0.263. The average molecular weight is 463 g/mol. The molecule has 0 saturated heterocycles. The quantitative estimate of drug-likeness (QED) is 0.605. The van der Waals surface area contributed by atoms with E-state index in [1.54, 1.807) is 6.07 Å². The van der Waals surface area contributed by atoms with E-state index in [4.69, 9.17) is 33.2 Å². The number of rotatable bonds is 4. The summed E-state index contributed by atoms with van der Waals surface area (Å²) in [7, 11) is 0. The zero-order valence-electron chi connectivity index (χ0n) is 16.6. The maximum absolute atomic E-state index is 12.1. The first-order valence-electron chi connectivity index (χ1n) is 8.88. The van der Waals surface area contributed by atoms with E-state index in [9.17, 15) is 14.4 Å². The van der Waals surface area contributed by atoms with Crippen LogP contribution in [-0.4, -0.2) is 25.0 Å². The second kappa shape index (κ2) is 8.37. The van der Waals surface area contributed by atoms with Crippen molar-refractivity contribution < 1.29 is 4.74 Å². The summed E-state index contributed by atoms with van der Waals surface area (Å²) < 4.78 is 6.45. The van der Waals surface area contributed by atoms with E-state index < -0.39 is 16.9 Å². The van der Waals surface area contributed by atoms with Crippen LogP contribution < -0.4 is 21.5 Å². The normalized spacial score (nSPS) is 11.2. The van der Waals surface area contributed by atoms with E-state index in [0.29, 0.717) is 12.0 Å². The van der Waals surface area contributed by atoms with Crippen LogP contribution in [0.15, 0.2) is 32.6 Å². The highest BCUT2D eigenvalue weighted by Crippen LogP contribution is 2.37. The summed E-state index contributed by atoms with van der Waals surface area (Å²) in [6, 6.07) is 5.72. The standard InChI is InChI=1S/C19H16Cl2N6O4/c1-19(2,3)7-9-4-14(24-25-16(9)28)31-15-11(20)5-10(6-12(15)21)27-18(30)23-17(29)13(8-22)26-27/h4-6H,7H2,1-3H3,(H,25,28)(H,23,29,30). The molecule has 2 aromatic heterocycles. The van der Waals surface area contributed by atoms with Crippen LogP contribution in [0, 0.1) is 16.7 Å². The highest BCUT2D eigenvalue weighted by Gasteiger charge is 2.18. The van der Waals surface area contributed by atoms with Gasteiger partial charge in [-0.05, 0) is 24.0 Å². The van der Waals surface area contributed by atoms with E-state index >= 15 is 0 Å². The summed E-state index contributed by atoms with van der Waals surface area (Å²) in [6.45, 7) is 5.97. The van der Waals surface area contributed by atoms with Crippen LogP contribution in [0.1, 0.15) is 32.0 Å². The van der Waals surface area contributed by atoms with Crippen LogP contribution in [0.3, 0.4) is 0 Å². The number of halogens is 2. The molecule has 2 N–H and O–H groups in total. The van der Waals surface area contributed by atoms with Crippen molar-refractivity contribution in [2.75, 3.05) is 0 Å². The third kappa shape index (κ3) is 5.02. The summed E-state index contributed by atoms with van der Waals surface area (Å²) in [6.07, 6.45) is 0.490. The number of hydrogen-bond donors (Lipinski definition) is 2. The number of aromatic amines is 2. The smallest absolute Gasteiger partial charge is 0.349 e. The second-order valence-electron chi connectivity index (χ2n) is 7.77. The summed E-state index contributed by atoms with van der Waals surface area (Å²) in [5.41, 5.74) is -2.17. The molecular weight excluding hydrogens is 447 g/mol. The van der Waals surface area contributed by atoms with Gasteiger partial charge in [0, 0.05) is 11.6 Å². The molecule has 0 fully saturated rings. The molecule has 0 aliphatic carbocycles. The van der Waals surface area contributed by atoms with Gasteiger partial charge in [0.25, 0.3) is 11.1 Å². The Morgan fingerprint density at radius 3 is 2.35 bits per heavy atom. The Balaban J connectivity index is 2.01. The molecule has 0 bridgehead atoms. The summed E-state index contributed by atoms with van der Waals surface area (Å²) in [4.78, 5) is 37.6. The number of ether oxygens (including phenoxy) is 1.